The summed E-state index contributed by atoms with van der Waals surface area (Å²) in [5, 5.41) is 9.67. The van der Waals surface area contributed by atoms with E-state index < -0.39 is 14.8 Å². The average molecular weight is 269 g/mol. The van der Waals surface area contributed by atoms with Gasteiger partial charge in [-0.25, -0.2) is 8.42 Å². The lowest BCUT2D eigenvalue weighted by Gasteiger charge is -2.07. The summed E-state index contributed by atoms with van der Waals surface area (Å²) in [6, 6.07) is 3.18. The van der Waals surface area contributed by atoms with Gasteiger partial charge in [0.1, 0.15) is 5.75 Å². The zero-order valence-electron chi connectivity index (χ0n) is 8.00. The molecule has 0 aliphatic heterocycles. The normalized spacial score (nSPS) is 11.7. The van der Waals surface area contributed by atoms with Crippen LogP contribution in [0.2, 0.25) is 5.02 Å². The first-order chi connectivity index (χ1) is 6.83. The van der Waals surface area contributed by atoms with E-state index in [0.29, 0.717) is 6.42 Å². The van der Waals surface area contributed by atoms with Crippen LogP contribution in [0.1, 0.15) is 18.1 Å². The Bertz CT molecular complexity index is 468. The SMILES string of the molecule is CCc1cc(Cl)c(O)c(CS(=O)(=O)Cl)c1. The minimum Gasteiger partial charge on any atom is -0.506 e. The molecule has 0 atom stereocenters. The Morgan fingerprint density at radius 3 is 2.47 bits per heavy atom. The summed E-state index contributed by atoms with van der Waals surface area (Å²) in [7, 11) is 1.42. The lowest BCUT2D eigenvalue weighted by Crippen LogP contribution is -1.97. The van der Waals surface area contributed by atoms with Gasteiger partial charge in [0.25, 0.3) is 0 Å². The van der Waals surface area contributed by atoms with Gasteiger partial charge in [0, 0.05) is 16.2 Å². The molecule has 0 aliphatic carbocycles. The van der Waals surface area contributed by atoms with Gasteiger partial charge in [-0.15, -0.1) is 0 Å². The molecule has 0 aromatic heterocycles. The minimum atomic E-state index is -3.69. The van der Waals surface area contributed by atoms with Crippen LogP contribution in [-0.4, -0.2) is 13.5 Å². The molecule has 0 saturated carbocycles. The molecule has 1 aromatic carbocycles. The fourth-order valence-electron chi connectivity index (χ4n) is 1.22. The molecule has 1 N–H and O–H groups in total. The van der Waals surface area contributed by atoms with Gasteiger partial charge in [0.15, 0.2) is 0 Å². The summed E-state index contributed by atoms with van der Waals surface area (Å²) >= 11 is 5.74. The van der Waals surface area contributed by atoms with Gasteiger partial charge in [-0.3, -0.25) is 0 Å². The van der Waals surface area contributed by atoms with Crippen molar-refractivity contribution in [2.45, 2.75) is 19.1 Å². The van der Waals surface area contributed by atoms with Crippen LogP contribution in [0.25, 0.3) is 0 Å². The number of aromatic hydroxyl groups is 1. The number of phenols is 1. The Labute approximate surface area is 98.1 Å². The first-order valence-electron chi connectivity index (χ1n) is 4.26. The number of halogens is 2. The molecule has 15 heavy (non-hydrogen) atoms. The van der Waals surface area contributed by atoms with Gasteiger partial charge in [-0.1, -0.05) is 24.6 Å². The third-order valence-corrected chi connectivity index (χ3v) is 3.21. The molecule has 3 nitrogen and oxygen atoms in total. The molecule has 0 saturated heterocycles. The van der Waals surface area contributed by atoms with Crippen LogP contribution in [0, 0.1) is 0 Å². The number of hydrogen-bond acceptors (Lipinski definition) is 3. The van der Waals surface area contributed by atoms with Crippen molar-refractivity contribution >= 4 is 31.3 Å². The summed E-state index contributed by atoms with van der Waals surface area (Å²) < 4.78 is 21.8. The molecule has 1 rings (SSSR count). The van der Waals surface area contributed by atoms with E-state index >= 15 is 0 Å². The van der Waals surface area contributed by atoms with Crippen molar-refractivity contribution in [2.24, 2.45) is 0 Å². The predicted molar refractivity (Wildman–Crippen MR) is 61.0 cm³/mol. The smallest absolute Gasteiger partial charge is 0.236 e. The topological polar surface area (TPSA) is 54.4 Å². The third kappa shape index (κ3) is 3.55. The molecule has 0 bridgehead atoms. The van der Waals surface area contributed by atoms with Crippen LogP contribution in [-0.2, 0) is 21.2 Å². The maximum atomic E-state index is 10.9. The van der Waals surface area contributed by atoms with Crippen molar-refractivity contribution in [1.29, 1.82) is 0 Å². The summed E-state index contributed by atoms with van der Waals surface area (Å²) in [5.41, 5.74) is 1.09. The second-order valence-corrected chi connectivity index (χ2v) is 6.31. The van der Waals surface area contributed by atoms with Gasteiger partial charge in [0.05, 0.1) is 10.8 Å². The van der Waals surface area contributed by atoms with Gasteiger partial charge >= 0.3 is 0 Å². The van der Waals surface area contributed by atoms with Crippen molar-refractivity contribution in [3.8, 4) is 5.75 Å². The highest BCUT2D eigenvalue weighted by Gasteiger charge is 2.14. The summed E-state index contributed by atoms with van der Waals surface area (Å²) in [5.74, 6) is -0.647. The largest absolute Gasteiger partial charge is 0.506 e. The monoisotopic (exact) mass is 268 g/mol. The number of aryl methyl sites for hydroxylation is 1. The Morgan fingerprint density at radius 1 is 1.40 bits per heavy atom. The molecule has 0 spiro atoms. The Morgan fingerprint density at radius 2 is 2.00 bits per heavy atom. The fourth-order valence-corrected chi connectivity index (χ4v) is 2.42. The van der Waals surface area contributed by atoms with Gasteiger partial charge < -0.3 is 5.11 Å². The predicted octanol–water partition coefficient (Wildman–Crippen LogP) is 2.68. The van der Waals surface area contributed by atoms with Crippen LogP contribution in [0.15, 0.2) is 12.1 Å². The van der Waals surface area contributed by atoms with Crippen molar-refractivity contribution in [3.05, 3.63) is 28.3 Å². The molecule has 0 aliphatic rings. The van der Waals surface area contributed by atoms with E-state index in [9.17, 15) is 13.5 Å². The first-order valence-corrected chi connectivity index (χ1v) is 7.11. The van der Waals surface area contributed by atoms with Crippen molar-refractivity contribution in [2.75, 3.05) is 0 Å². The second-order valence-electron chi connectivity index (χ2n) is 3.12. The molecule has 0 heterocycles. The zero-order valence-corrected chi connectivity index (χ0v) is 10.3. The molecule has 1 aromatic rings. The Hall–Kier alpha value is -0.450. The third-order valence-electron chi connectivity index (χ3n) is 1.94. The highest BCUT2D eigenvalue weighted by Crippen LogP contribution is 2.31. The minimum absolute atomic E-state index is 0.143. The van der Waals surface area contributed by atoms with Crippen LogP contribution in [0.5, 0.6) is 5.75 Å². The molecule has 0 unspecified atom stereocenters. The number of benzene rings is 1. The Balaban J connectivity index is 3.22. The molecular formula is C9H10Cl2O3S. The lowest BCUT2D eigenvalue weighted by atomic mass is 10.1. The maximum absolute atomic E-state index is 10.9. The van der Waals surface area contributed by atoms with Crippen molar-refractivity contribution in [3.63, 3.8) is 0 Å². The summed E-state index contributed by atoms with van der Waals surface area (Å²) in [6.45, 7) is 1.90. The second kappa shape index (κ2) is 4.60. The number of hydrogen-bond donors (Lipinski definition) is 1. The highest BCUT2D eigenvalue weighted by atomic mass is 35.7. The molecule has 0 radical (unpaired) electrons. The Kier molecular flexibility index (Phi) is 3.87. The van der Waals surface area contributed by atoms with Crippen molar-refractivity contribution < 1.29 is 13.5 Å². The van der Waals surface area contributed by atoms with E-state index in [1.54, 1.807) is 12.1 Å². The van der Waals surface area contributed by atoms with E-state index in [2.05, 4.69) is 0 Å². The van der Waals surface area contributed by atoms with E-state index in [-0.39, 0.29) is 16.3 Å². The molecule has 6 heteroatoms. The highest BCUT2D eigenvalue weighted by molar-refractivity contribution is 8.13. The molecule has 0 fully saturated rings. The quantitative estimate of drug-likeness (QED) is 0.858. The molecule has 84 valence electrons. The summed E-state index contributed by atoms with van der Waals surface area (Å²) in [4.78, 5) is 0. The molecule has 0 amide bonds. The van der Waals surface area contributed by atoms with Gasteiger partial charge in [0.2, 0.25) is 9.05 Å². The van der Waals surface area contributed by atoms with E-state index in [4.69, 9.17) is 22.3 Å². The van der Waals surface area contributed by atoms with E-state index in [0.717, 1.165) is 5.56 Å². The summed E-state index contributed by atoms with van der Waals surface area (Å²) in [6.07, 6.45) is 0.704. The first kappa shape index (κ1) is 12.6. The fraction of sp³-hybridized carbons (Fsp3) is 0.333. The molecular weight excluding hydrogens is 259 g/mol. The van der Waals surface area contributed by atoms with Crippen LogP contribution in [0.3, 0.4) is 0 Å². The van der Waals surface area contributed by atoms with E-state index in [1.807, 2.05) is 6.92 Å². The zero-order chi connectivity index (χ0) is 11.6. The van der Waals surface area contributed by atoms with Gasteiger partial charge in [-0.2, -0.15) is 0 Å². The lowest BCUT2D eigenvalue weighted by molar-refractivity contribution is 0.470. The van der Waals surface area contributed by atoms with Crippen LogP contribution >= 0.6 is 22.3 Å². The number of phenolic OH excluding ortho intramolecular Hbond substituents is 1. The van der Waals surface area contributed by atoms with E-state index in [1.165, 1.54) is 0 Å². The van der Waals surface area contributed by atoms with Crippen LogP contribution in [0.4, 0.5) is 0 Å². The van der Waals surface area contributed by atoms with Crippen molar-refractivity contribution in [1.82, 2.24) is 0 Å². The van der Waals surface area contributed by atoms with Gasteiger partial charge in [-0.05, 0) is 18.1 Å². The van der Waals surface area contributed by atoms with Crippen LogP contribution < -0.4 is 0 Å². The average Bonchev–Trinajstić information content (AvgIpc) is 2.10. The standard InChI is InChI=1S/C9H10Cl2O3S/c1-2-6-3-7(5-15(11,13)14)9(12)8(10)4-6/h3-4,12H,2,5H2,1H3. The number of rotatable bonds is 3. The maximum Gasteiger partial charge on any atom is 0.236 e.